The molecule has 118 valence electrons. The minimum Gasteiger partial charge on any atom is -0.361 e. The molecule has 0 fully saturated rings. The van der Waals surface area contributed by atoms with Gasteiger partial charge in [0.25, 0.3) is 5.91 Å². The third-order valence-corrected chi connectivity index (χ3v) is 3.84. The minimum absolute atomic E-state index is 0.138. The van der Waals surface area contributed by atoms with E-state index in [9.17, 15) is 4.79 Å². The van der Waals surface area contributed by atoms with Crippen molar-refractivity contribution in [1.29, 1.82) is 0 Å². The van der Waals surface area contributed by atoms with Crippen molar-refractivity contribution in [3.05, 3.63) is 78.5 Å². The van der Waals surface area contributed by atoms with E-state index >= 15 is 0 Å². The maximum absolute atomic E-state index is 12.4. The third kappa shape index (κ3) is 2.65. The third-order valence-electron chi connectivity index (χ3n) is 3.84. The quantitative estimate of drug-likeness (QED) is 0.607. The number of para-hydroxylation sites is 1. The zero-order chi connectivity index (χ0) is 16.4. The number of aromatic amines is 1. The number of amides is 1. The van der Waals surface area contributed by atoms with Crippen molar-refractivity contribution < 1.29 is 4.79 Å². The van der Waals surface area contributed by atoms with Crippen molar-refractivity contribution in [3.63, 3.8) is 0 Å². The van der Waals surface area contributed by atoms with Crippen LogP contribution in [-0.4, -0.2) is 25.7 Å². The smallest absolute Gasteiger partial charge is 0.251 e. The minimum atomic E-state index is -0.138. The molecule has 0 bridgehead atoms. The van der Waals surface area contributed by atoms with Crippen molar-refractivity contribution >= 4 is 16.8 Å². The number of fused-ring (bicyclic) bond motifs is 1. The molecule has 6 heteroatoms. The zero-order valence-corrected chi connectivity index (χ0v) is 12.8. The van der Waals surface area contributed by atoms with Gasteiger partial charge in [0.05, 0.1) is 12.2 Å². The molecule has 0 aliphatic rings. The lowest BCUT2D eigenvalue weighted by Crippen LogP contribution is -2.24. The Morgan fingerprint density at radius 3 is 2.88 bits per heavy atom. The van der Waals surface area contributed by atoms with Crippen LogP contribution in [0.15, 0.2) is 67.1 Å². The molecule has 2 aromatic heterocycles. The SMILES string of the molecule is O=C(NCc1ncnn1-c1ccccc1)c1ccc2[nH]ccc2c1. The first kappa shape index (κ1) is 14.2. The van der Waals surface area contributed by atoms with E-state index in [2.05, 4.69) is 20.4 Å². The summed E-state index contributed by atoms with van der Waals surface area (Å²) < 4.78 is 1.72. The van der Waals surface area contributed by atoms with Gasteiger partial charge in [0.1, 0.15) is 6.33 Å². The largest absolute Gasteiger partial charge is 0.361 e. The molecule has 0 atom stereocenters. The highest BCUT2D eigenvalue weighted by Crippen LogP contribution is 2.14. The summed E-state index contributed by atoms with van der Waals surface area (Å²) in [6.45, 7) is 0.304. The number of benzene rings is 2. The Morgan fingerprint density at radius 2 is 2.00 bits per heavy atom. The van der Waals surface area contributed by atoms with Crippen molar-refractivity contribution in [3.8, 4) is 5.69 Å². The lowest BCUT2D eigenvalue weighted by molar-refractivity contribution is 0.0950. The summed E-state index contributed by atoms with van der Waals surface area (Å²) in [7, 11) is 0. The fourth-order valence-corrected chi connectivity index (χ4v) is 2.63. The van der Waals surface area contributed by atoms with E-state index in [1.807, 2.05) is 54.7 Å². The fourth-order valence-electron chi connectivity index (χ4n) is 2.63. The van der Waals surface area contributed by atoms with Crippen LogP contribution in [0.4, 0.5) is 0 Å². The normalized spacial score (nSPS) is 10.8. The van der Waals surface area contributed by atoms with Gasteiger partial charge < -0.3 is 10.3 Å². The van der Waals surface area contributed by atoms with Crippen molar-refractivity contribution in [2.75, 3.05) is 0 Å². The van der Waals surface area contributed by atoms with Crippen LogP contribution in [-0.2, 0) is 6.54 Å². The van der Waals surface area contributed by atoms with E-state index in [1.54, 1.807) is 10.7 Å². The predicted molar refractivity (Wildman–Crippen MR) is 90.8 cm³/mol. The molecule has 0 unspecified atom stereocenters. The van der Waals surface area contributed by atoms with E-state index in [0.717, 1.165) is 16.6 Å². The van der Waals surface area contributed by atoms with E-state index in [-0.39, 0.29) is 5.91 Å². The van der Waals surface area contributed by atoms with Gasteiger partial charge in [-0.15, -0.1) is 0 Å². The molecule has 0 spiro atoms. The summed E-state index contributed by atoms with van der Waals surface area (Å²) in [5.41, 5.74) is 2.54. The standard InChI is InChI=1S/C18H15N5O/c24-18(14-6-7-16-13(10-14)8-9-19-16)20-11-17-21-12-22-23(17)15-4-2-1-3-5-15/h1-10,12,19H,11H2,(H,20,24). The van der Waals surface area contributed by atoms with Crippen LogP contribution in [0.5, 0.6) is 0 Å². The maximum atomic E-state index is 12.4. The Bertz CT molecular complexity index is 987. The molecule has 0 aliphatic carbocycles. The summed E-state index contributed by atoms with van der Waals surface area (Å²) in [5.74, 6) is 0.540. The number of carbonyl (C=O) groups is 1. The molecule has 4 aromatic rings. The van der Waals surface area contributed by atoms with Crippen LogP contribution in [0.2, 0.25) is 0 Å². The fraction of sp³-hybridized carbons (Fsp3) is 0.0556. The van der Waals surface area contributed by atoms with Crippen LogP contribution >= 0.6 is 0 Å². The lowest BCUT2D eigenvalue weighted by atomic mass is 10.1. The zero-order valence-electron chi connectivity index (χ0n) is 12.8. The highest BCUT2D eigenvalue weighted by atomic mass is 16.1. The number of aromatic nitrogens is 4. The molecule has 2 N–H and O–H groups in total. The Labute approximate surface area is 138 Å². The van der Waals surface area contributed by atoms with E-state index in [4.69, 9.17) is 0 Å². The molecule has 6 nitrogen and oxygen atoms in total. The molecule has 0 radical (unpaired) electrons. The van der Waals surface area contributed by atoms with E-state index < -0.39 is 0 Å². The second kappa shape index (κ2) is 6.00. The number of hydrogen-bond donors (Lipinski definition) is 2. The summed E-state index contributed by atoms with van der Waals surface area (Å²) in [5, 5.41) is 8.13. The highest BCUT2D eigenvalue weighted by Gasteiger charge is 2.10. The molecule has 0 saturated carbocycles. The molecular formula is C18H15N5O. The van der Waals surface area contributed by atoms with Crippen LogP contribution < -0.4 is 5.32 Å². The van der Waals surface area contributed by atoms with E-state index in [0.29, 0.717) is 17.9 Å². The average molecular weight is 317 g/mol. The summed E-state index contributed by atoms with van der Waals surface area (Å²) in [4.78, 5) is 19.7. The molecule has 2 heterocycles. The molecular weight excluding hydrogens is 302 g/mol. The van der Waals surface area contributed by atoms with Gasteiger partial charge in [-0.3, -0.25) is 4.79 Å². The Kier molecular flexibility index (Phi) is 3.55. The van der Waals surface area contributed by atoms with Gasteiger partial charge in [-0.2, -0.15) is 5.10 Å². The number of carbonyl (C=O) groups excluding carboxylic acids is 1. The van der Waals surface area contributed by atoms with Gasteiger partial charge in [0.2, 0.25) is 0 Å². The van der Waals surface area contributed by atoms with Crippen LogP contribution in [0.3, 0.4) is 0 Å². The number of nitrogens with one attached hydrogen (secondary N) is 2. The number of nitrogens with zero attached hydrogens (tertiary/aromatic N) is 3. The Morgan fingerprint density at radius 1 is 1.12 bits per heavy atom. The highest BCUT2D eigenvalue weighted by molar-refractivity contribution is 5.97. The van der Waals surface area contributed by atoms with Gasteiger partial charge in [0.15, 0.2) is 5.82 Å². The van der Waals surface area contributed by atoms with Crippen molar-refractivity contribution in [1.82, 2.24) is 25.1 Å². The van der Waals surface area contributed by atoms with Crippen LogP contribution in [0.1, 0.15) is 16.2 Å². The Hall–Kier alpha value is -3.41. The van der Waals surface area contributed by atoms with Crippen molar-refractivity contribution in [2.45, 2.75) is 6.54 Å². The number of H-pyrrole nitrogens is 1. The Balaban J connectivity index is 1.51. The average Bonchev–Trinajstić information content (AvgIpc) is 3.28. The van der Waals surface area contributed by atoms with Crippen molar-refractivity contribution in [2.24, 2.45) is 0 Å². The topological polar surface area (TPSA) is 75.6 Å². The first-order valence-corrected chi connectivity index (χ1v) is 7.61. The van der Waals surface area contributed by atoms with Gasteiger partial charge in [-0.1, -0.05) is 18.2 Å². The number of hydrogen-bond acceptors (Lipinski definition) is 3. The van der Waals surface area contributed by atoms with Crippen LogP contribution in [0, 0.1) is 0 Å². The summed E-state index contributed by atoms with van der Waals surface area (Å²) in [6, 6.07) is 17.2. The first-order chi connectivity index (χ1) is 11.8. The van der Waals surface area contributed by atoms with E-state index in [1.165, 1.54) is 6.33 Å². The predicted octanol–water partition coefficient (Wildman–Crippen LogP) is 2.68. The molecule has 24 heavy (non-hydrogen) atoms. The van der Waals surface area contributed by atoms with Gasteiger partial charge >= 0.3 is 0 Å². The molecule has 1 amide bonds. The van der Waals surface area contributed by atoms with Gasteiger partial charge in [-0.25, -0.2) is 9.67 Å². The molecule has 0 saturated heterocycles. The van der Waals surface area contributed by atoms with Gasteiger partial charge in [0, 0.05) is 22.7 Å². The number of rotatable bonds is 4. The molecule has 0 aliphatic heterocycles. The second-order valence-electron chi connectivity index (χ2n) is 5.39. The van der Waals surface area contributed by atoms with Gasteiger partial charge in [-0.05, 0) is 36.4 Å². The monoisotopic (exact) mass is 317 g/mol. The summed E-state index contributed by atoms with van der Waals surface area (Å²) in [6.07, 6.45) is 3.34. The first-order valence-electron chi connectivity index (χ1n) is 7.61. The second-order valence-corrected chi connectivity index (χ2v) is 5.39. The summed E-state index contributed by atoms with van der Waals surface area (Å²) >= 11 is 0. The van der Waals surface area contributed by atoms with Crippen LogP contribution in [0.25, 0.3) is 16.6 Å². The maximum Gasteiger partial charge on any atom is 0.251 e. The lowest BCUT2D eigenvalue weighted by Gasteiger charge is -2.07. The molecule has 4 rings (SSSR count). The molecule has 2 aromatic carbocycles.